The maximum atomic E-state index is 12.8. The lowest BCUT2D eigenvalue weighted by atomic mass is 10.2. The Balaban J connectivity index is 2.31. The van der Waals surface area contributed by atoms with Gasteiger partial charge in [0.2, 0.25) is 15.9 Å². The van der Waals surface area contributed by atoms with Gasteiger partial charge in [-0.05, 0) is 31.5 Å². The maximum absolute atomic E-state index is 12.8. The van der Waals surface area contributed by atoms with Crippen molar-refractivity contribution in [3.63, 3.8) is 0 Å². The van der Waals surface area contributed by atoms with Gasteiger partial charge in [0, 0.05) is 19.6 Å². The number of nitrogens with zero attached hydrogens (tertiary/aromatic N) is 1. The van der Waals surface area contributed by atoms with Gasteiger partial charge in [0.1, 0.15) is 0 Å². The first-order valence-corrected chi connectivity index (χ1v) is 10.3. The Kier molecular flexibility index (Phi) is 7.39. The van der Waals surface area contributed by atoms with Crippen LogP contribution < -0.4 is 16.4 Å². The van der Waals surface area contributed by atoms with E-state index in [1.807, 2.05) is 0 Å². The van der Waals surface area contributed by atoms with Crippen molar-refractivity contribution >= 4 is 27.3 Å². The average molecular weight is 385 g/mol. The Morgan fingerprint density at radius 3 is 2.62 bits per heavy atom. The summed E-state index contributed by atoms with van der Waals surface area (Å²) < 4.78 is 32.3. The van der Waals surface area contributed by atoms with Crippen molar-refractivity contribution in [1.29, 1.82) is 0 Å². The minimum absolute atomic E-state index is 0.139. The lowest BCUT2D eigenvalue weighted by molar-refractivity contribution is -0.117. The highest BCUT2D eigenvalue weighted by Gasteiger charge is 2.27. The number of rotatable bonds is 8. The third-order valence-corrected chi connectivity index (χ3v) is 6.01. The fraction of sp³-hybridized carbons (Fsp3) is 0.588. The number of sulfonamides is 1. The minimum atomic E-state index is -3.64. The largest absolute Gasteiger partial charge is 0.383 e. The predicted octanol–water partition coefficient (Wildman–Crippen LogP) is 1.21. The molecule has 0 aliphatic carbocycles. The number of carbonyl (C=O) groups excluding carboxylic acids is 1. The smallest absolute Gasteiger partial charge is 0.243 e. The first-order valence-electron chi connectivity index (χ1n) is 8.88. The molecule has 8 nitrogen and oxygen atoms in total. The van der Waals surface area contributed by atoms with Crippen LogP contribution in [0, 0.1) is 0 Å². The van der Waals surface area contributed by atoms with E-state index in [2.05, 4.69) is 17.6 Å². The van der Waals surface area contributed by atoms with Crippen LogP contribution in [0.25, 0.3) is 0 Å². The molecule has 1 heterocycles. The zero-order chi connectivity index (χ0) is 19.2. The monoisotopic (exact) mass is 384 g/mol. The van der Waals surface area contributed by atoms with Crippen LogP contribution in [0.4, 0.5) is 11.4 Å². The van der Waals surface area contributed by atoms with E-state index in [9.17, 15) is 13.2 Å². The van der Waals surface area contributed by atoms with Crippen molar-refractivity contribution in [3.8, 4) is 0 Å². The van der Waals surface area contributed by atoms with Crippen LogP contribution in [0.15, 0.2) is 23.1 Å². The molecule has 0 spiro atoms. The molecule has 0 saturated carbocycles. The number of nitrogens with one attached hydrogen (secondary N) is 2. The molecule has 1 aliphatic rings. The molecule has 0 unspecified atom stereocenters. The van der Waals surface area contributed by atoms with Gasteiger partial charge in [0.25, 0.3) is 0 Å². The summed E-state index contributed by atoms with van der Waals surface area (Å²) in [5.74, 6) is -0.371. The van der Waals surface area contributed by atoms with Crippen molar-refractivity contribution in [3.05, 3.63) is 18.2 Å². The molecule has 146 valence electrons. The summed E-state index contributed by atoms with van der Waals surface area (Å²) in [5.41, 5.74) is 6.71. The Bertz CT molecular complexity index is 715. The standard InChI is InChI=1S/C17H28N4O4S/c1-3-4-7-19-15-6-5-14(12-16(15)20-17(22)13(2)18)26(23,24)21-8-10-25-11-9-21/h5-6,12-13,19H,3-4,7-11,18H2,1-2H3,(H,20,22)/t13-/m0/s1. The first kappa shape index (κ1) is 20.6. The van der Waals surface area contributed by atoms with Crippen LogP contribution in [0.3, 0.4) is 0 Å². The zero-order valence-electron chi connectivity index (χ0n) is 15.3. The summed E-state index contributed by atoms with van der Waals surface area (Å²) in [6.45, 7) is 5.79. The Hall–Kier alpha value is -1.68. The highest BCUT2D eigenvalue weighted by atomic mass is 32.2. The highest BCUT2D eigenvalue weighted by molar-refractivity contribution is 7.89. The molecule has 2 rings (SSSR count). The second kappa shape index (κ2) is 9.31. The van der Waals surface area contributed by atoms with Crippen molar-refractivity contribution in [2.45, 2.75) is 37.6 Å². The third kappa shape index (κ3) is 5.16. The second-order valence-corrected chi connectivity index (χ2v) is 8.22. The zero-order valence-corrected chi connectivity index (χ0v) is 16.1. The van der Waals surface area contributed by atoms with E-state index in [1.165, 1.54) is 10.4 Å². The molecule has 1 aliphatic heterocycles. The molecule has 0 bridgehead atoms. The van der Waals surface area contributed by atoms with E-state index in [0.29, 0.717) is 37.7 Å². The van der Waals surface area contributed by atoms with Crippen LogP contribution in [0.2, 0.25) is 0 Å². The highest BCUT2D eigenvalue weighted by Crippen LogP contribution is 2.28. The van der Waals surface area contributed by atoms with Crippen molar-refractivity contribution in [2.75, 3.05) is 43.5 Å². The topological polar surface area (TPSA) is 114 Å². The molecule has 1 aromatic carbocycles. The molecule has 1 amide bonds. The fourth-order valence-electron chi connectivity index (χ4n) is 2.52. The molecule has 4 N–H and O–H groups in total. The van der Waals surface area contributed by atoms with Gasteiger partial charge >= 0.3 is 0 Å². The van der Waals surface area contributed by atoms with Crippen LogP contribution in [-0.4, -0.2) is 57.5 Å². The number of nitrogens with two attached hydrogens (primary N) is 1. The summed E-state index contributed by atoms with van der Waals surface area (Å²) in [4.78, 5) is 12.2. The molecule has 1 saturated heterocycles. The van der Waals surface area contributed by atoms with Crippen molar-refractivity contribution in [2.24, 2.45) is 5.73 Å². The molecule has 1 atom stereocenters. The number of benzene rings is 1. The van der Waals surface area contributed by atoms with Gasteiger partial charge in [0.05, 0.1) is 35.5 Å². The van der Waals surface area contributed by atoms with Crippen LogP contribution in [0.5, 0.6) is 0 Å². The summed E-state index contributed by atoms with van der Waals surface area (Å²) in [6.07, 6.45) is 1.99. The van der Waals surface area contributed by atoms with E-state index in [0.717, 1.165) is 19.4 Å². The number of morpholine rings is 1. The number of hydrogen-bond acceptors (Lipinski definition) is 6. The Labute approximate surface area is 155 Å². The summed E-state index contributed by atoms with van der Waals surface area (Å²) in [5, 5.41) is 5.95. The lowest BCUT2D eigenvalue weighted by Crippen LogP contribution is -2.40. The summed E-state index contributed by atoms with van der Waals surface area (Å²) in [7, 11) is -3.64. The van der Waals surface area contributed by atoms with Gasteiger partial charge in [0.15, 0.2) is 0 Å². The van der Waals surface area contributed by atoms with Gasteiger partial charge in [-0.15, -0.1) is 0 Å². The molecule has 9 heteroatoms. The lowest BCUT2D eigenvalue weighted by Gasteiger charge is -2.26. The summed E-state index contributed by atoms with van der Waals surface area (Å²) >= 11 is 0. The van der Waals surface area contributed by atoms with Gasteiger partial charge in [-0.2, -0.15) is 4.31 Å². The average Bonchev–Trinajstić information content (AvgIpc) is 2.63. The summed E-state index contributed by atoms with van der Waals surface area (Å²) in [6, 6.07) is 4.03. The molecule has 1 aromatic rings. The Morgan fingerprint density at radius 2 is 2.00 bits per heavy atom. The van der Waals surface area contributed by atoms with E-state index < -0.39 is 16.1 Å². The van der Waals surface area contributed by atoms with Crippen molar-refractivity contribution in [1.82, 2.24) is 4.31 Å². The number of carbonyl (C=O) groups is 1. The third-order valence-electron chi connectivity index (χ3n) is 4.12. The normalized spacial score (nSPS) is 16.9. The van der Waals surface area contributed by atoms with Gasteiger partial charge in [-0.1, -0.05) is 13.3 Å². The Morgan fingerprint density at radius 1 is 1.31 bits per heavy atom. The van der Waals surface area contributed by atoms with Gasteiger partial charge < -0.3 is 21.1 Å². The predicted molar refractivity (Wildman–Crippen MR) is 102 cm³/mol. The quantitative estimate of drug-likeness (QED) is 0.581. The number of unbranched alkanes of at least 4 members (excludes halogenated alkanes) is 1. The molecule has 0 radical (unpaired) electrons. The van der Waals surface area contributed by atoms with Crippen molar-refractivity contribution < 1.29 is 17.9 Å². The number of anilines is 2. The molecule has 0 aromatic heterocycles. The number of amides is 1. The molecular formula is C17H28N4O4S. The minimum Gasteiger partial charge on any atom is -0.383 e. The second-order valence-electron chi connectivity index (χ2n) is 6.28. The van der Waals surface area contributed by atoms with Gasteiger partial charge in [-0.25, -0.2) is 8.42 Å². The molecule has 1 fully saturated rings. The van der Waals surface area contributed by atoms with Crippen LogP contribution in [0.1, 0.15) is 26.7 Å². The van der Waals surface area contributed by atoms with E-state index in [-0.39, 0.29) is 10.8 Å². The fourth-order valence-corrected chi connectivity index (χ4v) is 3.96. The van der Waals surface area contributed by atoms with Gasteiger partial charge in [-0.3, -0.25) is 4.79 Å². The molecular weight excluding hydrogens is 356 g/mol. The number of ether oxygens (including phenoxy) is 1. The van der Waals surface area contributed by atoms with E-state index in [4.69, 9.17) is 10.5 Å². The maximum Gasteiger partial charge on any atom is 0.243 e. The van der Waals surface area contributed by atoms with E-state index in [1.54, 1.807) is 19.1 Å². The first-order chi connectivity index (χ1) is 12.4. The SMILES string of the molecule is CCCCNc1ccc(S(=O)(=O)N2CCOCC2)cc1NC(=O)[C@H](C)N. The van der Waals surface area contributed by atoms with Crippen LogP contribution in [-0.2, 0) is 19.6 Å². The van der Waals surface area contributed by atoms with Crippen LogP contribution >= 0.6 is 0 Å². The molecule has 26 heavy (non-hydrogen) atoms. The van der Waals surface area contributed by atoms with E-state index >= 15 is 0 Å². The number of hydrogen-bond donors (Lipinski definition) is 3.